The first-order valence-electron chi connectivity index (χ1n) is 8.21. The van der Waals surface area contributed by atoms with Crippen LogP contribution in [-0.4, -0.2) is 15.1 Å². The predicted molar refractivity (Wildman–Crippen MR) is 102 cm³/mol. The molecule has 6 heteroatoms. The third-order valence-corrected chi connectivity index (χ3v) is 4.92. The van der Waals surface area contributed by atoms with Crippen molar-refractivity contribution in [3.63, 3.8) is 0 Å². The quantitative estimate of drug-likeness (QED) is 0.474. The van der Waals surface area contributed by atoms with E-state index in [0.717, 1.165) is 38.2 Å². The number of hydrogen-bond acceptors (Lipinski definition) is 6. The highest BCUT2D eigenvalue weighted by molar-refractivity contribution is 7.15. The fourth-order valence-electron chi connectivity index (χ4n) is 2.65. The number of aromatic nitrogens is 3. The zero-order chi connectivity index (χ0) is 18.1. The lowest BCUT2D eigenvalue weighted by molar-refractivity contribution is 0.433. The molecule has 0 fully saturated rings. The highest BCUT2D eigenvalue weighted by Crippen LogP contribution is 2.30. The Bertz CT molecular complexity index is 1050. The molecule has 0 saturated heterocycles. The van der Waals surface area contributed by atoms with Gasteiger partial charge < -0.3 is 9.26 Å². The summed E-state index contributed by atoms with van der Waals surface area (Å²) in [7, 11) is 0. The molecule has 0 aliphatic rings. The first kappa shape index (κ1) is 16.5. The van der Waals surface area contributed by atoms with Gasteiger partial charge in [-0.2, -0.15) is 4.98 Å². The number of nitrogens with zero attached hydrogens (tertiary/aromatic N) is 3. The van der Waals surface area contributed by atoms with Crippen LogP contribution in [0.4, 0.5) is 0 Å². The highest BCUT2D eigenvalue weighted by atomic mass is 32.1. The first-order valence-corrected chi connectivity index (χ1v) is 9.03. The molecule has 0 aliphatic carbocycles. The van der Waals surface area contributed by atoms with Gasteiger partial charge in [0.1, 0.15) is 16.4 Å². The van der Waals surface area contributed by atoms with Gasteiger partial charge in [-0.1, -0.05) is 17.3 Å². The van der Waals surface area contributed by atoms with Crippen molar-refractivity contribution in [1.29, 1.82) is 0 Å². The molecular weight excluding hydrogens is 346 g/mol. The Morgan fingerprint density at radius 3 is 2.42 bits per heavy atom. The van der Waals surface area contributed by atoms with Gasteiger partial charge >= 0.3 is 0 Å². The minimum Gasteiger partial charge on any atom is -0.457 e. The molecule has 2 heterocycles. The maximum Gasteiger partial charge on any atom is 0.270 e. The molecule has 4 aromatic rings. The molecule has 130 valence electrons. The molecule has 0 unspecified atom stereocenters. The van der Waals surface area contributed by atoms with E-state index in [2.05, 4.69) is 15.1 Å². The Labute approximate surface area is 155 Å². The van der Waals surface area contributed by atoms with Gasteiger partial charge in [0.25, 0.3) is 5.89 Å². The Morgan fingerprint density at radius 2 is 1.73 bits per heavy atom. The van der Waals surface area contributed by atoms with Crippen LogP contribution in [0.25, 0.3) is 22.2 Å². The SMILES string of the molecule is Cc1cccc(Oc2ccc(-c3noc(-c4sc(C)nc4C)n3)cc2)c1. The molecule has 2 aromatic heterocycles. The maximum absolute atomic E-state index is 5.87. The van der Waals surface area contributed by atoms with Crippen molar-refractivity contribution in [2.75, 3.05) is 0 Å². The summed E-state index contributed by atoms with van der Waals surface area (Å²) in [5.41, 5.74) is 2.94. The lowest BCUT2D eigenvalue weighted by atomic mass is 10.2. The van der Waals surface area contributed by atoms with Crippen molar-refractivity contribution >= 4 is 11.3 Å². The minimum absolute atomic E-state index is 0.503. The average Bonchev–Trinajstić information content (AvgIpc) is 3.22. The van der Waals surface area contributed by atoms with E-state index in [1.165, 1.54) is 0 Å². The molecule has 5 nitrogen and oxygen atoms in total. The molecule has 0 bridgehead atoms. The van der Waals surface area contributed by atoms with Gasteiger partial charge in [0.05, 0.1) is 10.7 Å². The van der Waals surface area contributed by atoms with Crippen LogP contribution in [0.2, 0.25) is 0 Å². The molecule has 4 rings (SSSR count). The van der Waals surface area contributed by atoms with Gasteiger partial charge in [-0.3, -0.25) is 0 Å². The van der Waals surface area contributed by atoms with Crippen LogP contribution in [0, 0.1) is 20.8 Å². The Hall–Kier alpha value is -2.99. The van der Waals surface area contributed by atoms with Crippen LogP contribution in [0.5, 0.6) is 11.5 Å². The summed E-state index contributed by atoms with van der Waals surface area (Å²) in [5, 5.41) is 5.07. The summed E-state index contributed by atoms with van der Waals surface area (Å²) < 4.78 is 11.3. The summed E-state index contributed by atoms with van der Waals surface area (Å²) in [5.74, 6) is 2.63. The van der Waals surface area contributed by atoms with Gasteiger partial charge in [-0.05, 0) is 62.7 Å². The summed E-state index contributed by atoms with van der Waals surface area (Å²) >= 11 is 1.55. The van der Waals surface area contributed by atoms with Crippen molar-refractivity contribution in [3.05, 3.63) is 64.8 Å². The third-order valence-electron chi connectivity index (χ3n) is 3.86. The number of hydrogen-bond donors (Lipinski definition) is 0. The van der Waals surface area contributed by atoms with Gasteiger partial charge in [0, 0.05) is 5.56 Å². The smallest absolute Gasteiger partial charge is 0.270 e. The van der Waals surface area contributed by atoms with Crippen LogP contribution in [-0.2, 0) is 0 Å². The molecule has 0 amide bonds. The molecule has 0 N–H and O–H groups in total. The molecule has 0 saturated carbocycles. The summed E-state index contributed by atoms with van der Waals surface area (Å²) in [6, 6.07) is 15.6. The second-order valence-electron chi connectivity index (χ2n) is 6.01. The van der Waals surface area contributed by atoms with Crippen molar-refractivity contribution < 1.29 is 9.26 Å². The zero-order valence-corrected chi connectivity index (χ0v) is 15.5. The Balaban J connectivity index is 1.55. The Morgan fingerprint density at radius 1 is 0.923 bits per heavy atom. The maximum atomic E-state index is 5.87. The monoisotopic (exact) mass is 363 g/mol. The van der Waals surface area contributed by atoms with E-state index < -0.39 is 0 Å². The van der Waals surface area contributed by atoms with E-state index in [0.29, 0.717) is 11.7 Å². The van der Waals surface area contributed by atoms with Gasteiger partial charge in [0.15, 0.2) is 0 Å². The van der Waals surface area contributed by atoms with Gasteiger partial charge in [-0.15, -0.1) is 11.3 Å². The fourth-order valence-corrected chi connectivity index (χ4v) is 3.49. The minimum atomic E-state index is 0.503. The van der Waals surface area contributed by atoms with Crippen LogP contribution < -0.4 is 4.74 Å². The predicted octanol–water partition coefficient (Wildman–Crippen LogP) is 5.58. The number of aryl methyl sites for hydroxylation is 3. The second-order valence-corrected chi connectivity index (χ2v) is 7.22. The zero-order valence-electron chi connectivity index (χ0n) is 14.7. The third kappa shape index (κ3) is 3.36. The highest BCUT2D eigenvalue weighted by Gasteiger charge is 2.16. The molecular formula is C20H17N3O2S. The largest absolute Gasteiger partial charge is 0.457 e. The number of benzene rings is 2. The topological polar surface area (TPSA) is 61.0 Å². The lowest BCUT2D eigenvalue weighted by Gasteiger charge is -2.06. The number of ether oxygens (including phenoxy) is 1. The molecule has 2 aromatic carbocycles. The summed E-state index contributed by atoms with van der Waals surface area (Å²) in [6.45, 7) is 5.95. The molecule has 0 atom stereocenters. The van der Waals surface area contributed by atoms with E-state index >= 15 is 0 Å². The summed E-state index contributed by atoms with van der Waals surface area (Å²) in [6.07, 6.45) is 0. The molecule has 0 radical (unpaired) electrons. The first-order chi connectivity index (χ1) is 12.6. The van der Waals surface area contributed by atoms with Crippen molar-refractivity contribution in [2.45, 2.75) is 20.8 Å². The molecule has 26 heavy (non-hydrogen) atoms. The normalized spacial score (nSPS) is 10.9. The van der Waals surface area contributed by atoms with E-state index in [9.17, 15) is 0 Å². The second kappa shape index (κ2) is 6.72. The molecule has 0 spiro atoms. The van der Waals surface area contributed by atoms with E-state index in [-0.39, 0.29) is 0 Å². The van der Waals surface area contributed by atoms with Crippen LogP contribution >= 0.6 is 11.3 Å². The van der Waals surface area contributed by atoms with Crippen LogP contribution in [0.1, 0.15) is 16.3 Å². The van der Waals surface area contributed by atoms with Gasteiger partial charge in [0.2, 0.25) is 5.82 Å². The van der Waals surface area contributed by atoms with Crippen LogP contribution in [0.3, 0.4) is 0 Å². The Kier molecular flexibility index (Phi) is 4.26. The van der Waals surface area contributed by atoms with Crippen molar-refractivity contribution in [1.82, 2.24) is 15.1 Å². The average molecular weight is 363 g/mol. The van der Waals surface area contributed by atoms with Gasteiger partial charge in [-0.25, -0.2) is 4.98 Å². The standard InChI is InChI=1S/C20H17N3O2S/c1-12-5-4-6-17(11-12)24-16-9-7-15(8-10-16)19-22-20(25-23-19)18-13(2)21-14(3)26-18/h4-11H,1-3H3. The number of rotatable bonds is 4. The molecule has 0 aliphatic heterocycles. The lowest BCUT2D eigenvalue weighted by Crippen LogP contribution is -1.86. The summed E-state index contributed by atoms with van der Waals surface area (Å²) in [4.78, 5) is 9.82. The van der Waals surface area contributed by atoms with E-state index in [1.54, 1.807) is 11.3 Å². The van der Waals surface area contributed by atoms with Crippen LogP contribution in [0.15, 0.2) is 53.1 Å². The van der Waals surface area contributed by atoms with E-state index in [1.807, 2.05) is 69.3 Å². The van der Waals surface area contributed by atoms with Crippen molar-refractivity contribution in [2.24, 2.45) is 0 Å². The number of thiazole rings is 1. The van der Waals surface area contributed by atoms with E-state index in [4.69, 9.17) is 9.26 Å². The van der Waals surface area contributed by atoms with Crippen molar-refractivity contribution in [3.8, 4) is 33.7 Å². The fraction of sp³-hybridized carbons (Fsp3) is 0.150.